The quantitative estimate of drug-likeness (QED) is 0.139. The highest BCUT2D eigenvalue weighted by atomic mass is 16.6. The zero-order valence-corrected chi connectivity index (χ0v) is 17.7. The van der Waals surface area contributed by atoms with Crippen LogP contribution in [0.5, 0.6) is 0 Å². The van der Waals surface area contributed by atoms with Gasteiger partial charge in [0, 0.05) is 0 Å². The van der Waals surface area contributed by atoms with Crippen molar-refractivity contribution >= 4 is 5.78 Å². The van der Waals surface area contributed by atoms with Crippen LogP contribution in [-0.2, 0) is 14.3 Å². The Hall–Kier alpha value is -0.930. The molecular weight excluding hydrogens is 472 g/mol. The Bertz CT molecular complexity index is 676. The molecule has 2 saturated heterocycles. The van der Waals surface area contributed by atoms with E-state index in [-0.39, 0.29) is 0 Å². The van der Waals surface area contributed by atoms with Gasteiger partial charge in [0.2, 0.25) is 5.78 Å². The Labute approximate surface area is 192 Å². The van der Waals surface area contributed by atoms with Crippen molar-refractivity contribution in [3.63, 3.8) is 0 Å². The molecule has 0 aliphatic carbocycles. The molecule has 0 saturated carbocycles. The summed E-state index contributed by atoms with van der Waals surface area (Å²) in [6.07, 6.45) is -28.6. The molecule has 0 radical (unpaired) electrons. The van der Waals surface area contributed by atoms with E-state index in [0.29, 0.717) is 0 Å². The van der Waals surface area contributed by atoms with E-state index in [1.54, 1.807) is 0 Å². The summed E-state index contributed by atoms with van der Waals surface area (Å²) in [5.74, 6) is -1.81. The Morgan fingerprint density at radius 2 is 1.21 bits per heavy atom. The molecule has 16 heteroatoms. The minimum absolute atomic E-state index is 0.985. The Kier molecular flexibility index (Phi) is 9.84. The lowest BCUT2D eigenvalue weighted by molar-refractivity contribution is -0.293. The van der Waals surface area contributed by atoms with Crippen LogP contribution in [0, 0.1) is 0 Å². The first kappa shape index (κ1) is 29.3. The van der Waals surface area contributed by atoms with Crippen molar-refractivity contribution in [2.45, 2.75) is 85.0 Å². The van der Waals surface area contributed by atoms with Gasteiger partial charge in [-0.2, -0.15) is 0 Å². The van der Waals surface area contributed by atoms with Crippen molar-refractivity contribution in [3.8, 4) is 0 Å². The average Bonchev–Trinajstić information content (AvgIpc) is 2.83. The number of ether oxygens (including phenoxy) is 2. The van der Waals surface area contributed by atoms with Gasteiger partial charge in [-0.15, -0.1) is 0 Å². The third-order valence-electron chi connectivity index (χ3n) is 6.23. The topological polar surface area (TPSA) is 299 Å². The van der Waals surface area contributed by atoms with Gasteiger partial charge in [-0.05, 0) is 0 Å². The first-order valence-electron chi connectivity index (χ1n) is 10.3. The fourth-order valence-corrected chi connectivity index (χ4v) is 4.04. The summed E-state index contributed by atoms with van der Waals surface area (Å²) in [6.45, 7) is -3.19. The summed E-state index contributed by atoms with van der Waals surface area (Å²) < 4.78 is 10.2. The lowest BCUT2D eigenvalue weighted by Crippen LogP contribution is -2.75. The summed E-state index contributed by atoms with van der Waals surface area (Å²) in [6, 6.07) is 0. The van der Waals surface area contributed by atoms with E-state index >= 15 is 0 Å². The number of Topliss-reactive ketones (excluding diaryl/α,β-unsaturated/α-hetero) is 1. The predicted octanol–water partition coefficient (Wildman–Crippen LogP) is -8.95. The second-order valence-electron chi connectivity index (χ2n) is 8.37. The summed E-state index contributed by atoms with van der Waals surface area (Å²) >= 11 is 0. The van der Waals surface area contributed by atoms with Crippen LogP contribution in [0.3, 0.4) is 0 Å². The van der Waals surface area contributed by atoms with Gasteiger partial charge in [-0.1, -0.05) is 0 Å². The van der Waals surface area contributed by atoms with Crippen molar-refractivity contribution in [2.24, 2.45) is 0 Å². The maximum Gasteiger partial charge on any atom is 0.201 e. The summed E-state index contributed by atoms with van der Waals surface area (Å²) in [4.78, 5) is 13.4. The number of aliphatic hydroxyl groups excluding tert-OH is 12. The van der Waals surface area contributed by atoms with Gasteiger partial charge in [-0.3, -0.25) is 4.79 Å². The molecule has 16 nitrogen and oxygen atoms in total. The minimum Gasteiger partial charge on any atom is -0.394 e. The summed E-state index contributed by atoms with van der Waals surface area (Å²) in [5, 5.41) is 130. The molecule has 0 spiro atoms. The standard InChI is InChI=1S/C18H32O16/c19-1-4(22)7(23)15(30)18(32,17-13(29)11(27)9(25)6(3-21)34-17)16(31)14-12(28)10(26)8(24)5(2-20)33-14/h4-15,17,19-30,32H,1-3H2/t4-,5-,6-,7+,8-,9+,10+,11+,12+,13-,14?,15+,17?,18-/m1/s1. The van der Waals surface area contributed by atoms with E-state index in [1.807, 2.05) is 0 Å². The highest BCUT2D eigenvalue weighted by molar-refractivity contribution is 5.93. The van der Waals surface area contributed by atoms with E-state index in [9.17, 15) is 66.1 Å². The number of hydrogen-bond acceptors (Lipinski definition) is 16. The van der Waals surface area contributed by atoms with Crippen molar-refractivity contribution in [1.82, 2.24) is 0 Å². The molecule has 13 N–H and O–H groups in total. The fraction of sp³-hybridized carbons (Fsp3) is 0.944. The SMILES string of the molecule is O=C(C1O[C@H](CO)[C@@H](O)[C@H](O)[C@@H]1O)[C@@](O)(C1O[C@H](CO)[C@H](O)[C@H](O)[C@H]1O)[C@@H](O)[C@@H](O)[C@H](O)CO. The van der Waals surface area contributed by atoms with Gasteiger partial charge in [0.25, 0.3) is 0 Å². The number of hydrogen-bond donors (Lipinski definition) is 13. The van der Waals surface area contributed by atoms with Crippen LogP contribution in [0.4, 0.5) is 0 Å². The first-order chi connectivity index (χ1) is 15.8. The smallest absolute Gasteiger partial charge is 0.201 e. The van der Waals surface area contributed by atoms with E-state index < -0.39 is 111 Å². The first-order valence-corrected chi connectivity index (χ1v) is 10.3. The largest absolute Gasteiger partial charge is 0.394 e. The van der Waals surface area contributed by atoms with Crippen LogP contribution in [0.25, 0.3) is 0 Å². The highest BCUT2D eigenvalue weighted by Gasteiger charge is 2.64. The number of aliphatic hydroxyl groups is 13. The molecule has 2 aliphatic heterocycles. The zero-order chi connectivity index (χ0) is 26.1. The molecule has 200 valence electrons. The number of carbonyl (C=O) groups is 1. The molecule has 2 rings (SSSR count). The predicted molar refractivity (Wildman–Crippen MR) is 103 cm³/mol. The van der Waals surface area contributed by atoms with Gasteiger partial charge in [0.1, 0.15) is 79.4 Å². The molecule has 2 aliphatic rings. The van der Waals surface area contributed by atoms with Gasteiger partial charge in [-0.25, -0.2) is 0 Å². The Morgan fingerprint density at radius 1 is 0.735 bits per heavy atom. The van der Waals surface area contributed by atoms with Gasteiger partial charge in [0.15, 0.2) is 5.60 Å². The lowest BCUT2D eigenvalue weighted by atomic mass is 9.73. The molecule has 0 aromatic heterocycles. The number of carbonyl (C=O) groups excluding carboxylic acids is 1. The van der Waals surface area contributed by atoms with Crippen LogP contribution in [0.15, 0.2) is 0 Å². The van der Waals surface area contributed by atoms with Crippen molar-refractivity contribution in [3.05, 3.63) is 0 Å². The second kappa shape index (κ2) is 11.4. The maximum absolute atomic E-state index is 13.4. The third-order valence-corrected chi connectivity index (χ3v) is 6.23. The maximum atomic E-state index is 13.4. The summed E-state index contributed by atoms with van der Waals surface area (Å²) in [7, 11) is 0. The molecule has 0 bridgehead atoms. The molecule has 2 heterocycles. The Morgan fingerprint density at radius 3 is 1.68 bits per heavy atom. The van der Waals surface area contributed by atoms with E-state index in [0.717, 1.165) is 0 Å². The van der Waals surface area contributed by atoms with Gasteiger partial charge >= 0.3 is 0 Å². The molecule has 34 heavy (non-hydrogen) atoms. The second-order valence-corrected chi connectivity index (χ2v) is 8.37. The normalized spacial score (nSPS) is 43.6. The summed E-state index contributed by atoms with van der Waals surface area (Å²) in [5.41, 5.74) is -3.61. The molecule has 14 atom stereocenters. The van der Waals surface area contributed by atoms with Crippen molar-refractivity contribution < 1.29 is 80.7 Å². The molecular formula is C18H32O16. The van der Waals surface area contributed by atoms with E-state index in [1.165, 1.54) is 0 Å². The molecule has 0 amide bonds. The molecule has 2 unspecified atom stereocenters. The fourth-order valence-electron chi connectivity index (χ4n) is 4.04. The van der Waals surface area contributed by atoms with Crippen LogP contribution in [-0.4, -0.2) is 177 Å². The van der Waals surface area contributed by atoms with Crippen LogP contribution in [0.1, 0.15) is 0 Å². The minimum atomic E-state index is -3.61. The van der Waals surface area contributed by atoms with Crippen molar-refractivity contribution in [1.29, 1.82) is 0 Å². The number of rotatable bonds is 9. The molecule has 2 fully saturated rings. The lowest BCUT2D eigenvalue weighted by Gasteiger charge is -2.50. The van der Waals surface area contributed by atoms with E-state index in [4.69, 9.17) is 14.6 Å². The number of ketones is 1. The Balaban J connectivity index is 2.58. The zero-order valence-electron chi connectivity index (χ0n) is 17.7. The van der Waals surface area contributed by atoms with Gasteiger partial charge < -0.3 is 75.9 Å². The monoisotopic (exact) mass is 504 g/mol. The van der Waals surface area contributed by atoms with Crippen molar-refractivity contribution in [2.75, 3.05) is 19.8 Å². The van der Waals surface area contributed by atoms with Gasteiger partial charge in [0.05, 0.1) is 19.8 Å². The molecule has 0 aromatic rings. The van der Waals surface area contributed by atoms with Crippen LogP contribution < -0.4 is 0 Å². The molecule has 0 aromatic carbocycles. The van der Waals surface area contributed by atoms with E-state index in [2.05, 4.69) is 0 Å². The highest BCUT2D eigenvalue weighted by Crippen LogP contribution is 2.36. The average molecular weight is 504 g/mol. The third kappa shape index (κ3) is 4.99. The van der Waals surface area contributed by atoms with Crippen LogP contribution >= 0.6 is 0 Å². The van der Waals surface area contributed by atoms with Crippen LogP contribution in [0.2, 0.25) is 0 Å².